The van der Waals surface area contributed by atoms with Gasteiger partial charge in [0.25, 0.3) is 0 Å². The zero-order chi connectivity index (χ0) is 14.7. The number of thiophene rings is 1. The van der Waals surface area contributed by atoms with Crippen molar-refractivity contribution in [2.45, 2.75) is 26.3 Å². The zero-order valence-electron chi connectivity index (χ0n) is 12.2. The lowest BCUT2D eigenvalue weighted by Gasteiger charge is -2.31. The molecule has 0 saturated carbocycles. The average molecular weight is 304 g/mol. The molecule has 0 aliphatic carbocycles. The van der Waals surface area contributed by atoms with E-state index in [9.17, 15) is 0 Å². The van der Waals surface area contributed by atoms with Crippen LogP contribution in [0.25, 0.3) is 10.8 Å². The fourth-order valence-corrected chi connectivity index (χ4v) is 3.21. The van der Waals surface area contributed by atoms with Gasteiger partial charge in [-0.15, -0.1) is 11.3 Å². The quantitative estimate of drug-likeness (QED) is 0.699. The van der Waals surface area contributed by atoms with Crippen molar-refractivity contribution in [1.29, 1.82) is 0 Å². The molecule has 1 fully saturated rings. The van der Waals surface area contributed by atoms with Gasteiger partial charge in [-0.1, -0.05) is 13.0 Å². The van der Waals surface area contributed by atoms with Crippen LogP contribution in [0.5, 0.6) is 0 Å². The highest BCUT2D eigenvalue weighted by Crippen LogP contribution is 2.23. The third-order valence-electron chi connectivity index (χ3n) is 3.67. The minimum Gasteiger partial charge on any atom is -0.443 e. The molecule has 0 bridgehead atoms. The van der Waals surface area contributed by atoms with Gasteiger partial charge in [0.15, 0.2) is 5.96 Å². The number of nitrogens with zero attached hydrogens (tertiary/aromatic N) is 3. The Balaban J connectivity index is 1.62. The molecule has 0 aromatic carbocycles. The predicted octanol–water partition coefficient (Wildman–Crippen LogP) is 2.95. The van der Waals surface area contributed by atoms with Gasteiger partial charge in [0.2, 0.25) is 5.89 Å². The van der Waals surface area contributed by atoms with Crippen molar-refractivity contribution in [3.05, 3.63) is 29.5 Å². The number of likely N-dealkylation sites (tertiary alicyclic amines) is 1. The Morgan fingerprint density at radius 1 is 1.62 bits per heavy atom. The number of hydrogen-bond acceptors (Lipinski definition) is 4. The van der Waals surface area contributed by atoms with E-state index >= 15 is 0 Å². The van der Waals surface area contributed by atoms with Crippen LogP contribution >= 0.6 is 11.3 Å². The van der Waals surface area contributed by atoms with Crippen molar-refractivity contribution in [3.8, 4) is 10.8 Å². The van der Waals surface area contributed by atoms with Crippen molar-refractivity contribution in [1.82, 2.24) is 9.88 Å². The molecule has 5 nitrogen and oxygen atoms in total. The van der Waals surface area contributed by atoms with Crippen LogP contribution in [-0.2, 0) is 6.54 Å². The lowest BCUT2D eigenvalue weighted by atomic mass is 10.0. The van der Waals surface area contributed by atoms with Gasteiger partial charge in [-0.3, -0.25) is 0 Å². The number of aliphatic imine (C=N–C) groups is 1. The monoisotopic (exact) mass is 304 g/mol. The van der Waals surface area contributed by atoms with Gasteiger partial charge in [-0.05, 0) is 30.2 Å². The second kappa shape index (κ2) is 6.30. The number of guanidine groups is 1. The van der Waals surface area contributed by atoms with Crippen molar-refractivity contribution < 1.29 is 4.42 Å². The van der Waals surface area contributed by atoms with E-state index in [-0.39, 0.29) is 0 Å². The summed E-state index contributed by atoms with van der Waals surface area (Å²) in [5.41, 5.74) is 6.89. The predicted molar refractivity (Wildman–Crippen MR) is 85.1 cm³/mol. The molecule has 2 aromatic rings. The lowest BCUT2D eigenvalue weighted by Crippen LogP contribution is -2.43. The zero-order valence-corrected chi connectivity index (χ0v) is 13.0. The summed E-state index contributed by atoms with van der Waals surface area (Å²) in [5.74, 6) is 1.95. The molecule has 2 N–H and O–H groups in total. The number of nitrogens with two attached hydrogens (primary N) is 1. The van der Waals surface area contributed by atoms with Gasteiger partial charge >= 0.3 is 0 Å². The van der Waals surface area contributed by atoms with Crippen LogP contribution in [0.2, 0.25) is 0 Å². The smallest absolute Gasteiger partial charge is 0.236 e. The van der Waals surface area contributed by atoms with Crippen molar-refractivity contribution in [3.63, 3.8) is 0 Å². The van der Waals surface area contributed by atoms with Gasteiger partial charge in [-0.2, -0.15) is 0 Å². The molecule has 21 heavy (non-hydrogen) atoms. The number of piperidine rings is 1. The first-order chi connectivity index (χ1) is 10.2. The Labute approximate surface area is 128 Å². The Morgan fingerprint density at radius 3 is 3.29 bits per heavy atom. The first-order valence-electron chi connectivity index (χ1n) is 7.25. The van der Waals surface area contributed by atoms with Crippen molar-refractivity contribution >= 4 is 17.3 Å². The Morgan fingerprint density at radius 2 is 2.52 bits per heavy atom. The summed E-state index contributed by atoms with van der Waals surface area (Å²) in [4.78, 5) is 12.1. The molecule has 1 aliphatic rings. The van der Waals surface area contributed by atoms with Crippen LogP contribution in [0.1, 0.15) is 25.5 Å². The maximum absolute atomic E-state index is 6.08. The fraction of sp³-hybridized carbons (Fsp3) is 0.467. The Kier molecular flexibility index (Phi) is 4.24. The van der Waals surface area contributed by atoms with Gasteiger partial charge in [0, 0.05) is 13.1 Å². The van der Waals surface area contributed by atoms with Crippen LogP contribution in [0.3, 0.4) is 0 Å². The molecular formula is C15H20N4OS. The van der Waals surface area contributed by atoms with E-state index < -0.39 is 0 Å². The lowest BCUT2D eigenvalue weighted by molar-refractivity contribution is 0.270. The minimum absolute atomic E-state index is 0.464. The maximum atomic E-state index is 6.08. The first-order valence-corrected chi connectivity index (χ1v) is 8.13. The van der Waals surface area contributed by atoms with Crippen LogP contribution in [-0.4, -0.2) is 28.9 Å². The molecule has 1 atom stereocenters. The van der Waals surface area contributed by atoms with Crippen molar-refractivity contribution in [2.24, 2.45) is 16.6 Å². The largest absolute Gasteiger partial charge is 0.443 e. The number of hydrogen-bond donors (Lipinski definition) is 1. The van der Waals surface area contributed by atoms with E-state index in [2.05, 4.69) is 21.8 Å². The molecule has 1 unspecified atom stereocenters. The number of rotatable bonds is 3. The van der Waals surface area contributed by atoms with Gasteiger partial charge in [0.1, 0.15) is 12.0 Å². The molecule has 1 saturated heterocycles. The highest BCUT2D eigenvalue weighted by Gasteiger charge is 2.17. The van der Waals surface area contributed by atoms with E-state index in [1.165, 1.54) is 12.8 Å². The van der Waals surface area contributed by atoms with E-state index in [4.69, 9.17) is 10.2 Å². The van der Waals surface area contributed by atoms with E-state index in [1.807, 2.05) is 17.5 Å². The summed E-state index contributed by atoms with van der Waals surface area (Å²) >= 11 is 1.61. The highest BCUT2D eigenvalue weighted by molar-refractivity contribution is 7.13. The Hall–Kier alpha value is -1.82. The van der Waals surface area contributed by atoms with Gasteiger partial charge in [-0.25, -0.2) is 9.98 Å². The van der Waals surface area contributed by atoms with E-state index in [0.717, 1.165) is 23.7 Å². The third-order valence-corrected chi connectivity index (χ3v) is 4.53. The topological polar surface area (TPSA) is 67.7 Å². The summed E-state index contributed by atoms with van der Waals surface area (Å²) in [6, 6.07) is 3.98. The molecule has 0 amide bonds. The fourth-order valence-electron chi connectivity index (χ4n) is 2.55. The minimum atomic E-state index is 0.464. The molecule has 0 radical (unpaired) electrons. The molecule has 1 aliphatic heterocycles. The summed E-state index contributed by atoms with van der Waals surface area (Å²) in [6.45, 7) is 4.71. The molecular weight excluding hydrogens is 284 g/mol. The molecule has 3 heterocycles. The maximum Gasteiger partial charge on any atom is 0.236 e. The number of aromatic nitrogens is 1. The SMILES string of the molecule is CC1CCCN(C(N)=NCc2coc(-c3cccs3)n2)C1. The summed E-state index contributed by atoms with van der Waals surface area (Å²) in [6.07, 6.45) is 4.12. The highest BCUT2D eigenvalue weighted by atomic mass is 32.1. The average Bonchev–Trinajstić information content (AvgIpc) is 3.15. The molecule has 0 spiro atoms. The molecule has 112 valence electrons. The molecule has 6 heteroatoms. The van der Waals surface area contributed by atoms with Gasteiger partial charge in [0.05, 0.1) is 11.4 Å². The normalized spacial score (nSPS) is 20.0. The van der Waals surface area contributed by atoms with Crippen LogP contribution in [0.4, 0.5) is 0 Å². The van der Waals surface area contributed by atoms with Crippen LogP contribution in [0.15, 0.2) is 33.2 Å². The number of oxazole rings is 1. The molecule has 3 rings (SSSR count). The molecule has 2 aromatic heterocycles. The third kappa shape index (κ3) is 3.44. The summed E-state index contributed by atoms with van der Waals surface area (Å²) in [7, 11) is 0. The summed E-state index contributed by atoms with van der Waals surface area (Å²) < 4.78 is 5.48. The van der Waals surface area contributed by atoms with Crippen LogP contribution in [0, 0.1) is 5.92 Å². The van der Waals surface area contributed by atoms with E-state index in [1.54, 1.807) is 17.6 Å². The second-order valence-electron chi connectivity index (χ2n) is 5.49. The Bertz CT molecular complexity index is 605. The van der Waals surface area contributed by atoms with Crippen LogP contribution < -0.4 is 5.73 Å². The summed E-state index contributed by atoms with van der Waals surface area (Å²) in [5, 5.41) is 2.01. The van der Waals surface area contributed by atoms with Crippen molar-refractivity contribution in [2.75, 3.05) is 13.1 Å². The second-order valence-corrected chi connectivity index (χ2v) is 6.44. The van der Waals surface area contributed by atoms with E-state index in [0.29, 0.717) is 24.3 Å². The van der Waals surface area contributed by atoms with Gasteiger partial charge < -0.3 is 15.1 Å². The first kappa shape index (κ1) is 14.1. The standard InChI is InChI=1S/C15H20N4OS/c1-11-4-2-6-19(9-11)15(16)17-8-12-10-20-14(18-12)13-5-3-7-21-13/h3,5,7,10-11H,2,4,6,8-9H2,1H3,(H2,16,17).